The van der Waals surface area contributed by atoms with Crippen molar-refractivity contribution in [3.8, 4) is 0 Å². The highest BCUT2D eigenvalue weighted by molar-refractivity contribution is 9.11. The first-order chi connectivity index (χ1) is 8.04. The first kappa shape index (κ1) is 14.4. The van der Waals surface area contributed by atoms with Gasteiger partial charge in [-0.25, -0.2) is 0 Å². The van der Waals surface area contributed by atoms with E-state index in [1.165, 1.54) is 4.88 Å². The minimum absolute atomic E-state index is 0.0306. The summed E-state index contributed by atoms with van der Waals surface area (Å²) in [5, 5.41) is 2.80. The number of amides is 1. The molecule has 1 amide bonds. The van der Waals surface area contributed by atoms with Crippen molar-refractivity contribution in [3.63, 3.8) is 0 Å². The molecular weight excluding hydrogens is 300 g/mol. The number of carbonyl (C=O) groups is 1. The van der Waals surface area contributed by atoms with Gasteiger partial charge >= 0.3 is 0 Å². The van der Waals surface area contributed by atoms with Gasteiger partial charge in [-0.1, -0.05) is 6.08 Å². The van der Waals surface area contributed by atoms with Gasteiger partial charge in [0.25, 0.3) is 0 Å². The van der Waals surface area contributed by atoms with E-state index in [4.69, 9.17) is 0 Å². The number of hydrogen-bond donors (Lipinski definition) is 1. The van der Waals surface area contributed by atoms with Crippen molar-refractivity contribution in [2.45, 2.75) is 19.5 Å². The van der Waals surface area contributed by atoms with Crippen molar-refractivity contribution in [2.24, 2.45) is 0 Å². The molecular formula is C12H17BrN2OS. The number of nitrogens with one attached hydrogen (secondary N) is 1. The highest BCUT2D eigenvalue weighted by atomic mass is 79.9. The van der Waals surface area contributed by atoms with Crippen LogP contribution >= 0.6 is 27.3 Å². The van der Waals surface area contributed by atoms with Crippen LogP contribution in [0.2, 0.25) is 0 Å². The van der Waals surface area contributed by atoms with Gasteiger partial charge in [0, 0.05) is 18.0 Å². The van der Waals surface area contributed by atoms with Gasteiger partial charge in [-0.3, -0.25) is 9.69 Å². The Morgan fingerprint density at radius 2 is 2.41 bits per heavy atom. The molecule has 1 aromatic rings. The normalized spacial score (nSPS) is 12.5. The van der Waals surface area contributed by atoms with E-state index < -0.39 is 0 Å². The van der Waals surface area contributed by atoms with Gasteiger partial charge in [-0.05, 0) is 42.0 Å². The Morgan fingerprint density at radius 1 is 1.71 bits per heavy atom. The van der Waals surface area contributed by atoms with Gasteiger partial charge in [0.05, 0.1) is 9.83 Å². The molecule has 1 N–H and O–H groups in total. The van der Waals surface area contributed by atoms with Crippen molar-refractivity contribution in [3.05, 3.63) is 33.5 Å². The maximum Gasteiger partial charge on any atom is 0.237 e. The van der Waals surface area contributed by atoms with Crippen LogP contribution in [0.25, 0.3) is 0 Å². The summed E-state index contributed by atoms with van der Waals surface area (Å²) >= 11 is 5.12. The second kappa shape index (κ2) is 6.93. The fourth-order valence-corrected chi connectivity index (χ4v) is 2.89. The quantitative estimate of drug-likeness (QED) is 0.818. The Morgan fingerprint density at radius 3 is 2.94 bits per heavy atom. The molecule has 0 aliphatic rings. The molecule has 17 heavy (non-hydrogen) atoms. The third-order valence-corrected chi connectivity index (χ3v) is 4.10. The topological polar surface area (TPSA) is 32.3 Å². The van der Waals surface area contributed by atoms with Gasteiger partial charge in [0.2, 0.25) is 5.91 Å². The van der Waals surface area contributed by atoms with Crippen LogP contribution in [0.15, 0.2) is 28.6 Å². The second-order valence-electron chi connectivity index (χ2n) is 3.83. The summed E-state index contributed by atoms with van der Waals surface area (Å²) in [5.74, 6) is 0.0306. The zero-order valence-electron chi connectivity index (χ0n) is 10.1. The Bertz CT molecular complexity index is 392. The SMILES string of the molecule is C=CCNC(=O)C(C)N(C)Cc1ccc(Br)s1. The Hall–Kier alpha value is -0.650. The zero-order chi connectivity index (χ0) is 12.8. The van der Waals surface area contributed by atoms with E-state index in [0.717, 1.165) is 10.3 Å². The minimum atomic E-state index is -0.143. The van der Waals surface area contributed by atoms with Crippen molar-refractivity contribution in [1.82, 2.24) is 10.2 Å². The minimum Gasteiger partial charge on any atom is -0.351 e. The number of carbonyl (C=O) groups excluding carboxylic acids is 1. The van der Waals surface area contributed by atoms with Gasteiger partial charge < -0.3 is 5.32 Å². The van der Waals surface area contributed by atoms with E-state index in [0.29, 0.717) is 6.54 Å². The summed E-state index contributed by atoms with van der Waals surface area (Å²) in [6.45, 7) is 6.77. The van der Waals surface area contributed by atoms with E-state index in [9.17, 15) is 4.79 Å². The molecule has 0 spiro atoms. The lowest BCUT2D eigenvalue weighted by molar-refractivity contribution is -0.125. The number of hydrogen-bond acceptors (Lipinski definition) is 3. The standard InChI is InChI=1S/C12H17BrN2OS/c1-4-7-14-12(16)9(2)15(3)8-10-5-6-11(13)17-10/h4-6,9H,1,7-8H2,2-3H3,(H,14,16). The summed E-state index contributed by atoms with van der Waals surface area (Å²) in [6.07, 6.45) is 1.68. The third kappa shape index (κ3) is 4.61. The summed E-state index contributed by atoms with van der Waals surface area (Å²) in [7, 11) is 1.95. The first-order valence-electron chi connectivity index (χ1n) is 5.37. The molecule has 1 rings (SSSR count). The molecule has 0 aromatic carbocycles. The molecule has 0 bridgehead atoms. The van der Waals surface area contributed by atoms with E-state index in [2.05, 4.69) is 33.9 Å². The predicted molar refractivity (Wildman–Crippen MR) is 76.2 cm³/mol. The van der Waals surface area contributed by atoms with Crippen LogP contribution in [-0.4, -0.2) is 30.4 Å². The molecule has 1 heterocycles. The van der Waals surface area contributed by atoms with E-state index in [1.54, 1.807) is 17.4 Å². The maximum absolute atomic E-state index is 11.7. The van der Waals surface area contributed by atoms with E-state index in [-0.39, 0.29) is 11.9 Å². The smallest absolute Gasteiger partial charge is 0.237 e. The highest BCUT2D eigenvalue weighted by Crippen LogP contribution is 2.23. The van der Waals surface area contributed by atoms with Crippen molar-refractivity contribution < 1.29 is 4.79 Å². The molecule has 0 radical (unpaired) electrons. The third-order valence-electron chi connectivity index (χ3n) is 2.50. The number of likely N-dealkylation sites (N-methyl/N-ethyl adjacent to an activating group) is 1. The molecule has 0 saturated carbocycles. The number of rotatable bonds is 6. The number of thiophene rings is 1. The largest absolute Gasteiger partial charge is 0.351 e. The molecule has 94 valence electrons. The molecule has 0 fully saturated rings. The van der Waals surface area contributed by atoms with E-state index in [1.807, 2.05) is 24.9 Å². The van der Waals surface area contributed by atoms with Crippen molar-refractivity contribution >= 4 is 33.2 Å². The van der Waals surface area contributed by atoms with Crippen LogP contribution in [-0.2, 0) is 11.3 Å². The molecule has 0 aliphatic carbocycles. The zero-order valence-corrected chi connectivity index (χ0v) is 12.5. The lowest BCUT2D eigenvalue weighted by Crippen LogP contribution is -2.42. The average molecular weight is 317 g/mol. The molecule has 0 aliphatic heterocycles. The van der Waals surface area contributed by atoms with Crippen LogP contribution in [0.5, 0.6) is 0 Å². The van der Waals surface area contributed by atoms with Gasteiger partial charge in [0.15, 0.2) is 0 Å². The van der Waals surface area contributed by atoms with E-state index >= 15 is 0 Å². The first-order valence-corrected chi connectivity index (χ1v) is 6.98. The van der Waals surface area contributed by atoms with Gasteiger partial charge in [0.1, 0.15) is 0 Å². The summed E-state index contributed by atoms with van der Waals surface area (Å²) in [5.41, 5.74) is 0. The summed E-state index contributed by atoms with van der Waals surface area (Å²) < 4.78 is 1.12. The van der Waals surface area contributed by atoms with Gasteiger partial charge in [-0.15, -0.1) is 17.9 Å². The van der Waals surface area contributed by atoms with Crippen LogP contribution in [0.4, 0.5) is 0 Å². The molecule has 5 heteroatoms. The highest BCUT2D eigenvalue weighted by Gasteiger charge is 2.17. The number of halogens is 1. The molecule has 1 atom stereocenters. The number of nitrogens with zero attached hydrogens (tertiary/aromatic N) is 1. The van der Waals surface area contributed by atoms with Crippen LogP contribution < -0.4 is 5.32 Å². The summed E-state index contributed by atoms with van der Waals surface area (Å²) in [6, 6.07) is 3.95. The maximum atomic E-state index is 11.7. The fraction of sp³-hybridized carbons (Fsp3) is 0.417. The van der Waals surface area contributed by atoms with Crippen molar-refractivity contribution in [2.75, 3.05) is 13.6 Å². The Kier molecular flexibility index (Phi) is 5.88. The van der Waals surface area contributed by atoms with Gasteiger partial charge in [-0.2, -0.15) is 0 Å². The lowest BCUT2D eigenvalue weighted by Gasteiger charge is -2.22. The lowest BCUT2D eigenvalue weighted by atomic mass is 10.2. The average Bonchev–Trinajstić information content (AvgIpc) is 2.70. The molecule has 1 unspecified atom stereocenters. The molecule has 0 saturated heterocycles. The fourth-order valence-electron chi connectivity index (χ4n) is 1.34. The van der Waals surface area contributed by atoms with Crippen LogP contribution in [0, 0.1) is 0 Å². The van der Waals surface area contributed by atoms with Crippen LogP contribution in [0.3, 0.4) is 0 Å². The predicted octanol–water partition coefficient (Wildman–Crippen LogP) is 2.63. The monoisotopic (exact) mass is 316 g/mol. The van der Waals surface area contributed by atoms with Crippen molar-refractivity contribution in [1.29, 1.82) is 0 Å². The molecule has 1 aromatic heterocycles. The van der Waals surface area contributed by atoms with Crippen LogP contribution in [0.1, 0.15) is 11.8 Å². The summed E-state index contributed by atoms with van der Waals surface area (Å²) in [4.78, 5) is 15.0. The Balaban J connectivity index is 2.48. The molecule has 3 nitrogen and oxygen atoms in total. The Labute approximate surface area is 115 Å². The second-order valence-corrected chi connectivity index (χ2v) is 6.38.